The number of nitrogens with one attached hydrogen (secondary N) is 3. The first-order valence-corrected chi connectivity index (χ1v) is 14.7. The fourth-order valence-corrected chi connectivity index (χ4v) is 6.68. The SMILES string of the molecule is CC[C@@H](C)[C@H](NC(=O)[C@@H]1Cc2c([nH]c3ccccc23)[C@H]2c3ccccc3C(=O)N21)C(=O)NCCC1=CCCCC1. The molecule has 0 bridgehead atoms. The van der Waals surface area contributed by atoms with Gasteiger partial charge in [0.15, 0.2) is 0 Å². The van der Waals surface area contributed by atoms with Crippen LogP contribution in [0.3, 0.4) is 0 Å². The number of allylic oxidation sites excluding steroid dienone is 1. The lowest BCUT2D eigenvalue weighted by Gasteiger charge is -2.38. The fourth-order valence-electron chi connectivity index (χ4n) is 6.68. The van der Waals surface area contributed by atoms with Crippen LogP contribution >= 0.6 is 0 Å². The minimum atomic E-state index is -0.719. The van der Waals surface area contributed by atoms with Crippen molar-refractivity contribution in [1.29, 1.82) is 0 Å². The summed E-state index contributed by atoms with van der Waals surface area (Å²) in [7, 11) is 0. The maximum atomic E-state index is 14.1. The van der Waals surface area contributed by atoms with Crippen LogP contribution in [0.5, 0.6) is 0 Å². The molecule has 40 heavy (non-hydrogen) atoms. The Morgan fingerprint density at radius 2 is 1.90 bits per heavy atom. The molecule has 3 amide bonds. The Labute approximate surface area is 235 Å². The Bertz CT molecular complexity index is 1490. The highest BCUT2D eigenvalue weighted by molar-refractivity contribution is 6.04. The Hall–Kier alpha value is -3.87. The third-order valence-electron chi connectivity index (χ3n) is 9.08. The van der Waals surface area contributed by atoms with Gasteiger partial charge in [0, 0.05) is 35.1 Å². The van der Waals surface area contributed by atoms with E-state index < -0.39 is 12.1 Å². The molecule has 0 unspecified atom stereocenters. The van der Waals surface area contributed by atoms with E-state index in [1.807, 2.05) is 56.3 Å². The van der Waals surface area contributed by atoms with Gasteiger partial charge in [-0.25, -0.2) is 0 Å². The number of aromatic nitrogens is 1. The molecule has 7 nitrogen and oxygen atoms in total. The summed E-state index contributed by atoms with van der Waals surface area (Å²) in [6, 6.07) is 13.9. The average Bonchev–Trinajstić information content (AvgIpc) is 3.51. The molecular formula is C33H38N4O3. The number of amides is 3. The quantitative estimate of drug-likeness (QED) is 0.345. The lowest BCUT2D eigenvalue weighted by Crippen LogP contribution is -2.58. The molecule has 3 aliphatic rings. The lowest BCUT2D eigenvalue weighted by atomic mass is 9.89. The molecule has 0 spiro atoms. The van der Waals surface area contributed by atoms with Crippen molar-refractivity contribution >= 4 is 28.6 Å². The number of hydrogen-bond acceptors (Lipinski definition) is 3. The Morgan fingerprint density at radius 3 is 2.70 bits per heavy atom. The van der Waals surface area contributed by atoms with Gasteiger partial charge in [-0.1, -0.05) is 68.3 Å². The van der Waals surface area contributed by atoms with Crippen molar-refractivity contribution < 1.29 is 14.4 Å². The maximum absolute atomic E-state index is 14.1. The van der Waals surface area contributed by atoms with E-state index in [4.69, 9.17) is 0 Å². The number of fused-ring (bicyclic) bond motifs is 7. The molecule has 1 aromatic heterocycles. The fraction of sp³-hybridized carbons (Fsp3) is 0.424. The molecule has 4 atom stereocenters. The largest absolute Gasteiger partial charge is 0.356 e. The molecule has 3 heterocycles. The molecule has 1 aliphatic carbocycles. The van der Waals surface area contributed by atoms with Gasteiger partial charge in [0.05, 0.1) is 6.04 Å². The molecule has 3 aromatic rings. The predicted molar refractivity (Wildman–Crippen MR) is 156 cm³/mol. The van der Waals surface area contributed by atoms with Gasteiger partial charge < -0.3 is 20.5 Å². The monoisotopic (exact) mass is 538 g/mol. The second-order valence-corrected chi connectivity index (χ2v) is 11.5. The number of aromatic amines is 1. The van der Waals surface area contributed by atoms with Crippen LogP contribution in [0.1, 0.15) is 85.6 Å². The van der Waals surface area contributed by atoms with Crippen LogP contribution in [0.15, 0.2) is 60.2 Å². The number of carbonyl (C=O) groups excluding carboxylic acids is 3. The standard InChI is InChI=1S/C33H38N4O3/c1-3-20(2)28(32(39)34-18-17-21-11-5-4-6-12-21)36-31(38)27-19-25-22-13-9-10-16-26(22)35-29(25)30-23-14-7-8-15-24(23)33(40)37(27)30/h7-11,13-16,20,27-28,30,35H,3-6,12,17-19H2,1-2H3,(H,34,39)(H,36,38)/t20-,27+,28+,30-/m1/s1. The van der Waals surface area contributed by atoms with Crippen molar-refractivity contribution in [3.63, 3.8) is 0 Å². The molecule has 2 aliphatic heterocycles. The van der Waals surface area contributed by atoms with Crippen LogP contribution < -0.4 is 10.6 Å². The molecule has 2 aromatic carbocycles. The summed E-state index contributed by atoms with van der Waals surface area (Å²) in [4.78, 5) is 46.4. The van der Waals surface area contributed by atoms with Gasteiger partial charge in [-0.2, -0.15) is 0 Å². The minimum absolute atomic E-state index is 0.0487. The summed E-state index contributed by atoms with van der Waals surface area (Å²) in [5.74, 6) is -0.629. The summed E-state index contributed by atoms with van der Waals surface area (Å²) in [6.07, 6.45) is 8.96. The molecule has 6 rings (SSSR count). The van der Waals surface area contributed by atoms with Gasteiger partial charge in [-0.05, 0) is 61.3 Å². The van der Waals surface area contributed by atoms with Gasteiger partial charge in [0.25, 0.3) is 5.91 Å². The number of benzene rings is 2. The number of nitrogens with zero attached hydrogens (tertiary/aromatic N) is 1. The summed E-state index contributed by atoms with van der Waals surface area (Å²) in [6.45, 7) is 4.59. The highest BCUT2D eigenvalue weighted by Crippen LogP contribution is 2.46. The molecule has 3 N–H and O–H groups in total. The number of para-hydroxylation sites is 1. The van der Waals surface area contributed by atoms with Crippen molar-refractivity contribution in [1.82, 2.24) is 20.5 Å². The van der Waals surface area contributed by atoms with E-state index in [1.165, 1.54) is 18.4 Å². The zero-order valence-corrected chi connectivity index (χ0v) is 23.3. The normalized spacial score (nSPS) is 21.2. The first kappa shape index (κ1) is 26.4. The maximum Gasteiger partial charge on any atom is 0.255 e. The second-order valence-electron chi connectivity index (χ2n) is 11.5. The van der Waals surface area contributed by atoms with E-state index in [0.717, 1.165) is 53.4 Å². The third kappa shape index (κ3) is 4.61. The lowest BCUT2D eigenvalue weighted by molar-refractivity contribution is -0.133. The summed E-state index contributed by atoms with van der Waals surface area (Å²) in [5, 5.41) is 7.23. The van der Waals surface area contributed by atoms with Gasteiger partial charge in [0.1, 0.15) is 12.1 Å². The molecular weight excluding hydrogens is 500 g/mol. The van der Waals surface area contributed by atoms with Gasteiger partial charge >= 0.3 is 0 Å². The predicted octanol–water partition coefficient (Wildman–Crippen LogP) is 5.18. The molecule has 0 fully saturated rings. The van der Waals surface area contributed by atoms with Crippen molar-refractivity contribution in [2.24, 2.45) is 5.92 Å². The Kier molecular flexibility index (Phi) is 7.22. The third-order valence-corrected chi connectivity index (χ3v) is 9.08. The zero-order chi connectivity index (χ0) is 27.8. The summed E-state index contributed by atoms with van der Waals surface area (Å²) < 4.78 is 0. The molecule has 0 saturated carbocycles. The molecule has 7 heteroatoms. The average molecular weight is 539 g/mol. The highest BCUT2D eigenvalue weighted by Gasteiger charge is 2.49. The van der Waals surface area contributed by atoms with Crippen molar-refractivity contribution in [3.8, 4) is 0 Å². The minimum Gasteiger partial charge on any atom is -0.356 e. The van der Waals surface area contributed by atoms with E-state index in [9.17, 15) is 14.4 Å². The van der Waals surface area contributed by atoms with E-state index in [0.29, 0.717) is 18.5 Å². The number of H-pyrrole nitrogens is 1. The second kappa shape index (κ2) is 11.0. The van der Waals surface area contributed by atoms with Crippen LogP contribution in [0.2, 0.25) is 0 Å². The van der Waals surface area contributed by atoms with Gasteiger partial charge in [0.2, 0.25) is 11.8 Å². The molecule has 208 valence electrons. The zero-order valence-electron chi connectivity index (χ0n) is 23.3. The van der Waals surface area contributed by atoms with Crippen molar-refractivity contribution in [2.45, 2.75) is 76.9 Å². The first-order chi connectivity index (χ1) is 19.5. The van der Waals surface area contributed by atoms with Crippen molar-refractivity contribution in [3.05, 3.63) is 82.6 Å². The Morgan fingerprint density at radius 1 is 1.10 bits per heavy atom. The van der Waals surface area contributed by atoms with Crippen molar-refractivity contribution in [2.75, 3.05) is 6.54 Å². The van der Waals surface area contributed by atoms with Gasteiger partial charge in [-0.15, -0.1) is 0 Å². The summed E-state index contributed by atoms with van der Waals surface area (Å²) >= 11 is 0. The summed E-state index contributed by atoms with van der Waals surface area (Å²) in [5.41, 5.74) is 5.97. The van der Waals surface area contributed by atoms with E-state index in [-0.39, 0.29) is 29.7 Å². The Balaban J connectivity index is 1.27. The molecule has 0 radical (unpaired) electrons. The smallest absolute Gasteiger partial charge is 0.255 e. The van der Waals surface area contributed by atoms with Crippen LogP contribution in [0.4, 0.5) is 0 Å². The van der Waals surface area contributed by atoms with Crippen LogP contribution in [0.25, 0.3) is 10.9 Å². The molecule has 0 saturated heterocycles. The number of carbonyl (C=O) groups is 3. The van der Waals surface area contributed by atoms with E-state index in [1.54, 1.807) is 4.90 Å². The topological polar surface area (TPSA) is 94.3 Å². The first-order valence-electron chi connectivity index (χ1n) is 14.7. The van der Waals surface area contributed by atoms with Gasteiger partial charge in [-0.3, -0.25) is 14.4 Å². The van der Waals surface area contributed by atoms with Crippen LogP contribution in [-0.2, 0) is 16.0 Å². The van der Waals surface area contributed by atoms with E-state index >= 15 is 0 Å². The van der Waals surface area contributed by atoms with E-state index in [2.05, 4.69) is 27.8 Å². The number of hydrogen-bond donors (Lipinski definition) is 3. The number of rotatable bonds is 8. The highest BCUT2D eigenvalue weighted by atomic mass is 16.2. The van der Waals surface area contributed by atoms with Crippen LogP contribution in [-0.4, -0.2) is 46.2 Å². The van der Waals surface area contributed by atoms with Crippen LogP contribution in [0, 0.1) is 5.92 Å².